The number of ether oxygens (including phenoxy) is 2. The molecule has 1 amide bonds. The number of hydrogen-bond acceptors (Lipinski definition) is 5. The normalized spacial score (nSPS) is 15.0. The number of anilines is 1. The molecule has 0 aromatic heterocycles. The van der Waals surface area contributed by atoms with Crippen LogP contribution in [0, 0.1) is 0 Å². The SMILES string of the molecule is COc1ccc(CCNC(=O)c2cccc(S(=O)(=O)N3c4ccccc4C[C@H]3C)c2)cc1OC. The summed E-state index contributed by atoms with van der Waals surface area (Å²) >= 11 is 0. The van der Waals surface area contributed by atoms with Gasteiger partial charge in [-0.2, -0.15) is 0 Å². The van der Waals surface area contributed by atoms with E-state index < -0.39 is 10.0 Å². The van der Waals surface area contributed by atoms with E-state index in [4.69, 9.17) is 9.47 Å². The van der Waals surface area contributed by atoms with Crippen molar-refractivity contribution in [1.82, 2.24) is 5.32 Å². The third-order valence-electron chi connectivity index (χ3n) is 5.94. The quantitative estimate of drug-likeness (QED) is 0.530. The molecule has 8 heteroatoms. The summed E-state index contributed by atoms with van der Waals surface area (Å²) in [6.07, 6.45) is 1.25. The fourth-order valence-electron chi connectivity index (χ4n) is 4.27. The number of carbonyl (C=O) groups excluding carboxylic acids is 1. The fourth-order valence-corrected chi connectivity index (χ4v) is 6.01. The number of sulfonamides is 1. The summed E-state index contributed by atoms with van der Waals surface area (Å²) in [7, 11) is -0.654. The predicted molar refractivity (Wildman–Crippen MR) is 131 cm³/mol. The van der Waals surface area contributed by atoms with E-state index in [-0.39, 0.29) is 16.8 Å². The average molecular weight is 481 g/mol. The van der Waals surface area contributed by atoms with Gasteiger partial charge in [0.2, 0.25) is 0 Å². The highest BCUT2D eigenvalue weighted by molar-refractivity contribution is 7.92. The standard InChI is InChI=1S/C26H28N2O5S/c1-18-15-20-7-4-5-10-23(20)28(18)34(30,31)22-9-6-8-21(17-22)26(29)27-14-13-19-11-12-24(32-2)25(16-19)33-3/h4-12,16-18H,13-15H2,1-3H3,(H,27,29)/t18-/m1/s1. The van der Waals surface area contributed by atoms with Crippen LogP contribution in [0.25, 0.3) is 0 Å². The monoisotopic (exact) mass is 480 g/mol. The number of methoxy groups -OCH3 is 2. The summed E-state index contributed by atoms with van der Waals surface area (Å²) in [5.74, 6) is 0.942. The van der Waals surface area contributed by atoms with Gasteiger partial charge in [0, 0.05) is 18.2 Å². The number of amides is 1. The van der Waals surface area contributed by atoms with Crippen molar-refractivity contribution in [2.45, 2.75) is 30.7 Å². The third-order valence-corrected chi connectivity index (χ3v) is 7.87. The number of benzene rings is 3. The van der Waals surface area contributed by atoms with Gasteiger partial charge in [-0.3, -0.25) is 9.10 Å². The minimum Gasteiger partial charge on any atom is -0.493 e. The zero-order valence-corrected chi connectivity index (χ0v) is 20.3. The molecule has 0 bridgehead atoms. The minimum atomic E-state index is -3.81. The lowest BCUT2D eigenvalue weighted by molar-refractivity contribution is 0.0954. The molecule has 1 aliphatic rings. The number of nitrogens with zero attached hydrogens (tertiary/aromatic N) is 1. The van der Waals surface area contributed by atoms with Crippen molar-refractivity contribution in [3.8, 4) is 11.5 Å². The molecule has 178 valence electrons. The van der Waals surface area contributed by atoms with Crippen molar-refractivity contribution in [1.29, 1.82) is 0 Å². The molecule has 0 spiro atoms. The highest BCUT2D eigenvalue weighted by Crippen LogP contribution is 2.36. The number of rotatable bonds is 8. The van der Waals surface area contributed by atoms with Gasteiger partial charge < -0.3 is 14.8 Å². The van der Waals surface area contributed by atoms with Gasteiger partial charge in [0.05, 0.1) is 24.8 Å². The van der Waals surface area contributed by atoms with Gasteiger partial charge >= 0.3 is 0 Å². The van der Waals surface area contributed by atoms with E-state index in [1.54, 1.807) is 26.4 Å². The largest absolute Gasteiger partial charge is 0.493 e. The van der Waals surface area contributed by atoms with Crippen LogP contribution in [0.2, 0.25) is 0 Å². The first kappa shape index (κ1) is 23.6. The average Bonchev–Trinajstić information content (AvgIpc) is 3.20. The first-order valence-corrected chi connectivity index (χ1v) is 12.5. The lowest BCUT2D eigenvalue weighted by Gasteiger charge is -2.24. The Balaban J connectivity index is 1.47. The predicted octanol–water partition coefficient (Wildman–Crippen LogP) is 3.82. The van der Waals surface area contributed by atoms with E-state index in [9.17, 15) is 13.2 Å². The number of nitrogens with one attached hydrogen (secondary N) is 1. The molecule has 0 saturated heterocycles. The van der Waals surface area contributed by atoms with E-state index in [0.717, 1.165) is 11.1 Å². The van der Waals surface area contributed by atoms with Crippen molar-refractivity contribution in [2.75, 3.05) is 25.1 Å². The summed E-state index contributed by atoms with van der Waals surface area (Å²) in [6.45, 7) is 2.28. The molecule has 7 nitrogen and oxygen atoms in total. The molecule has 3 aromatic rings. The molecule has 0 unspecified atom stereocenters. The number of hydrogen-bond donors (Lipinski definition) is 1. The summed E-state index contributed by atoms with van der Waals surface area (Å²) in [6, 6.07) is 19.1. The van der Waals surface area contributed by atoms with Crippen molar-refractivity contribution < 1.29 is 22.7 Å². The summed E-state index contributed by atoms with van der Waals surface area (Å²) in [4.78, 5) is 12.9. The zero-order valence-electron chi connectivity index (χ0n) is 19.4. The third kappa shape index (κ3) is 4.59. The highest BCUT2D eigenvalue weighted by Gasteiger charge is 2.36. The Kier molecular flexibility index (Phi) is 6.79. The molecular weight excluding hydrogens is 452 g/mol. The molecule has 1 atom stereocenters. The van der Waals surface area contributed by atoms with Gasteiger partial charge in [0.15, 0.2) is 11.5 Å². The second-order valence-electron chi connectivity index (χ2n) is 8.21. The summed E-state index contributed by atoms with van der Waals surface area (Å²) in [5.41, 5.74) is 2.98. The second kappa shape index (κ2) is 9.77. The Hall–Kier alpha value is -3.52. The van der Waals surface area contributed by atoms with E-state index in [1.165, 1.54) is 16.4 Å². The van der Waals surface area contributed by atoms with Crippen molar-refractivity contribution in [2.24, 2.45) is 0 Å². The number of fused-ring (bicyclic) bond motifs is 1. The lowest BCUT2D eigenvalue weighted by atomic mass is 10.1. The molecular formula is C26H28N2O5S. The molecule has 0 aliphatic carbocycles. The smallest absolute Gasteiger partial charge is 0.264 e. The summed E-state index contributed by atoms with van der Waals surface area (Å²) < 4.78 is 39.0. The van der Waals surface area contributed by atoms with Gasteiger partial charge in [-0.1, -0.05) is 30.3 Å². The Morgan fingerprint density at radius 2 is 1.76 bits per heavy atom. The maximum Gasteiger partial charge on any atom is 0.264 e. The molecule has 0 fully saturated rings. The van der Waals surface area contributed by atoms with Crippen LogP contribution in [0.1, 0.15) is 28.4 Å². The molecule has 1 heterocycles. The van der Waals surface area contributed by atoms with Crippen molar-refractivity contribution in [3.63, 3.8) is 0 Å². The summed E-state index contributed by atoms with van der Waals surface area (Å²) in [5, 5.41) is 2.87. The second-order valence-corrected chi connectivity index (χ2v) is 10.0. The van der Waals surface area contributed by atoms with Crippen LogP contribution in [0.15, 0.2) is 71.6 Å². The topological polar surface area (TPSA) is 84.9 Å². The van der Waals surface area contributed by atoms with Crippen LogP contribution in [0.3, 0.4) is 0 Å². The van der Waals surface area contributed by atoms with Gasteiger partial charge in [0.1, 0.15) is 0 Å². The zero-order chi connectivity index (χ0) is 24.3. The molecule has 4 rings (SSSR count). The minimum absolute atomic E-state index is 0.101. The Morgan fingerprint density at radius 1 is 1.00 bits per heavy atom. The van der Waals surface area contributed by atoms with Crippen LogP contribution >= 0.6 is 0 Å². The molecule has 34 heavy (non-hydrogen) atoms. The number of carbonyl (C=O) groups is 1. The highest BCUT2D eigenvalue weighted by atomic mass is 32.2. The van der Waals surface area contributed by atoms with Crippen LogP contribution < -0.4 is 19.1 Å². The van der Waals surface area contributed by atoms with Crippen LogP contribution in [0.5, 0.6) is 11.5 Å². The molecule has 0 radical (unpaired) electrons. The maximum atomic E-state index is 13.5. The Labute approximate surface area is 200 Å². The van der Waals surface area contributed by atoms with Crippen molar-refractivity contribution >= 4 is 21.6 Å². The first-order valence-electron chi connectivity index (χ1n) is 11.1. The molecule has 0 saturated carbocycles. The van der Waals surface area contributed by atoms with E-state index in [0.29, 0.717) is 42.1 Å². The maximum absolute atomic E-state index is 13.5. The van der Waals surface area contributed by atoms with Gasteiger partial charge in [0.25, 0.3) is 15.9 Å². The molecule has 3 aromatic carbocycles. The van der Waals surface area contributed by atoms with Crippen LogP contribution in [-0.4, -0.2) is 41.1 Å². The van der Waals surface area contributed by atoms with Crippen LogP contribution in [0.4, 0.5) is 5.69 Å². The van der Waals surface area contributed by atoms with Gasteiger partial charge in [-0.05, 0) is 67.3 Å². The fraction of sp³-hybridized carbons (Fsp3) is 0.269. The van der Waals surface area contributed by atoms with E-state index in [2.05, 4.69) is 5.32 Å². The van der Waals surface area contributed by atoms with Crippen molar-refractivity contribution in [3.05, 3.63) is 83.4 Å². The van der Waals surface area contributed by atoms with Gasteiger partial charge in [-0.15, -0.1) is 0 Å². The Morgan fingerprint density at radius 3 is 2.53 bits per heavy atom. The molecule has 1 N–H and O–H groups in total. The van der Waals surface area contributed by atoms with Gasteiger partial charge in [-0.25, -0.2) is 8.42 Å². The van der Waals surface area contributed by atoms with E-state index in [1.807, 2.05) is 49.4 Å². The first-order chi connectivity index (χ1) is 16.3. The number of para-hydroxylation sites is 1. The lowest BCUT2D eigenvalue weighted by Crippen LogP contribution is -2.36. The molecule has 1 aliphatic heterocycles. The van der Waals surface area contributed by atoms with Crippen LogP contribution in [-0.2, 0) is 22.9 Å². The van der Waals surface area contributed by atoms with E-state index >= 15 is 0 Å². The Bertz CT molecular complexity index is 1310.